The highest BCUT2D eigenvalue weighted by atomic mass is 19.1. The van der Waals surface area contributed by atoms with Gasteiger partial charge in [0.1, 0.15) is 11.7 Å². The van der Waals surface area contributed by atoms with Gasteiger partial charge < -0.3 is 20.5 Å². The van der Waals surface area contributed by atoms with Gasteiger partial charge in [-0.3, -0.25) is 4.79 Å². The van der Waals surface area contributed by atoms with Gasteiger partial charge in [0.15, 0.2) is 0 Å². The summed E-state index contributed by atoms with van der Waals surface area (Å²) < 4.78 is 18.0. The Morgan fingerprint density at radius 2 is 2.15 bits per heavy atom. The van der Waals surface area contributed by atoms with Crippen molar-refractivity contribution in [3.8, 4) is 0 Å². The Balaban J connectivity index is 1.97. The Morgan fingerprint density at radius 3 is 2.80 bits per heavy atom. The fraction of sp³-hybridized carbons (Fsp3) is 0.385. The van der Waals surface area contributed by atoms with Crippen LogP contribution in [0.4, 0.5) is 14.9 Å². The van der Waals surface area contributed by atoms with Crippen molar-refractivity contribution in [1.82, 2.24) is 5.32 Å². The molecule has 1 aliphatic heterocycles. The first-order valence-corrected chi connectivity index (χ1v) is 6.11. The molecular formula is C13H15FN2O4. The molecule has 20 heavy (non-hydrogen) atoms. The van der Waals surface area contributed by atoms with E-state index in [9.17, 15) is 14.0 Å². The first-order chi connectivity index (χ1) is 9.47. The highest BCUT2D eigenvalue weighted by Crippen LogP contribution is 2.17. The molecule has 2 unspecified atom stereocenters. The second-order valence-electron chi connectivity index (χ2n) is 4.65. The molecule has 0 aromatic heterocycles. The minimum absolute atomic E-state index is 0.0792. The van der Waals surface area contributed by atoms with E-state index in [4.69, 9.17) is 9.84 Å². The van der Waals surface area contributed by atoms with E-state index in [1.165, 1.54) is 18.2 Å². The van der Waals surface area contributed by atoms with Crippen LogP contribution in [0.3, 0.4) is 0 Å². The molecule has 1 saturated heterocycles. The lowest BCUT2D eigenvalue weighted by Gasteiger charge is -2.16. The van der Waals surface area contributed by atoms with Crippen LogP contribution in [0.2, 0.25) is 0 Å². The number of hydrogen-bond acceptors (Lipinski definition) is 3. The lowest BCUT2D eigenvalue weighted by molar-refractivity contribution is -0.142. The predicted molar refractivity (Wildman–Crippen MR) is 69.0 cm³/mol. The summed E-state index contributed by atoms with van der Waals surface area (Å²) in [6, 6.07) is 2.87. The maximum absolute atomic E-state index is 12.9. The molecular weight excluding hydrogens is 267 g/mol. The van der Waals surface area contributed by atoms with Crippen molar-refractivity contribution in [2.75, 3.05) is 18.5 Å². The second-order valence-corrected chi connectivity index (χ2v) is 4.65. The lowest BCUT2D eigenvalue weighted by atomic mass is 10.0. The number of carbonyl (C=O) groups is 2. The molecule has 6 nitrogen and oxygen atoms in total. The third-order valence-corrected chi connectivity index (χ3v) is 3.15. The zero-order chi connectivity index (χ0) is 14.7. The van der Waals surface area contributed by atoms with Crippen LogP contribution in [0.25, 0.3) is 0 Å². The number of carboxylic acid groups (broad SMARTS) is 1. The molecule has 1 aromatic rings. The van der Waals surface area contributed by atoms with E-state index in [1.54, 1.807) is 6.92 Å². The van der Waals surface area contributed by atoms with E-state index in [-0.39, 0.29) is 19.0 Å². The van der Waals surface area contributed by atoms with E-state index >= 15 is 0 Å². The van der Waals surface area contributed by atoms with Gasteiger partial charge in [-0.15, -0.1) is 0 Å². The first kappa shape index (κ1) is 14.3. The number of halogens is 1. The Bertz CT molecular complexity index is 535. The van der Waals surface area contributed by atoms with E-state index < -0.39 is 24.0 Å². The van der Waals surface area contributed by atoms with Gasteiger partial charge in [-0.1, -0.05) is 0 Å². The van der Waals surface area contributed by atoms with Crippen molar-refractivity contribution in [2.45, 2.75) is 13.0 Å². The molecule has 2 atom stereocenters. The van der Waals surface area contributed by atoms with E-state index in [1.807, 2.05) is 0 Å². The third kappa shape index (κ3) is 3.24. The Kier molecular flexibility index (Phi) is 4.19. The van der Waals surface area contributed by atoms with Crippen LogP contribution in [0.1, 0.15) is 5.56 Å². The molecule has 0 spiro atoms. The number of ether oxygens (including phenoxy) is 1. The van der Waals surface area contributed by atoms with Crippen molar-refractivity contribution < 1.29 is 23.8 Å². The molecule has 2 rings (SSSR count). The number of urea groups is 1. The van der Waals surface area contributed by atoms with Crippen LogP contribution in [-0.2, 0) is 9.53 Å². The molecule has 0 bridgehead atoms. The van der Waals surface area contributed by atoms with Gasteiger partial charge in [0.25, 0.3) is 0 Å². The number of hydrogen-bond donors (Lipinski definition) is 3. The fourth-order valence-corrected chi connectivity index (χ4v) is 2.03. The monoisotopic (exact) mass is 282 g/mol. The molecule has 0 aliphatic carbocycles. The first-order valence-electron chi connectivity index (χ1n) is 6.11. The van der Waals surface area contributed by atoms with Gasteiger partial charge in [-0.2, -0.15) is 0 Å². The maximum Gasteiger partial charge on any atom is 0.319 e. The average molecular weight is 282 g/mol. The molecule has 3 N–H and O–H groups in total. The zero-order valence-electron chi connectivity index (χ0n) is 10.9. The van der Waals surface area contributed by atoms with Gasteiger partial charge in [-0.25, -0.2) is 9.18 Å². The zero-order valence-corrected chi connectivity index (χ0v) is 10.9. The minimum Gasteiger partial charge on any atom is -0.481 e. The van der Waals surface area contributed by atoms with Crippen LogP contribution in [-0.4, -0.2) is 36.4 Å². The number of rotatable bonds is 3. The lowest BCUT2D eigenvalue weighted by Crippen LogP contribution is -2.44. The minimum atomic E-state index is -1.01. The predicted octanol–water partition coefficient (Wildman–Crippen LogP) is 1.36. The van der Waals surface area contributed by atoms with E-state index in [0.717, 1.165) is 0 Å². The van der Waals surface area contributed by atoms with Crippen molar-refractivity contribution in [3.63, 3.8) is 0 Å². The summed E-state index contributed by atoms with van der Waals surface area (Å²) in [5.41, 5.74) is 1.05. The van der Waals surface area contributed by atoms with Crippen molar-refractivity contribution in [1.29, 1.82) is 0 Å². The van der Waals surface area contributed by atoms with Crippen LogP contribution in [0.5, 0.6) is 0 Å². The second kappa shape index (κ2) is 5.87. The molecule has 1 heterocycles. The van der Waals surface area contributed by atoms with Crippen LogP contribution in [0.15, 0.2) is 18.2 Å². The molecule has 108 valence electrons. The van der Waals surface area contributed by atoms with Gasteiger partial charge >= 0.3 is 12.0 Å². The Morgan fingerprint density at radius 1 is 1.40 bits per heavy atom. The number of carbonyl (C=O) groups excluding carboxylic acids is 1. The van der Waals surface area contributed by atoms with E-state index in [2.05, 4.69) is 10.6 Å². The molecule has 0 saturated carbocycles. The summed E-state index contributed by atoms with van der Waals surface area (Å²) in [5, 5.41) is 14.1. The maximum atomic E-state index is 12.9. The molecule has 1 aromatic carbocycles. The normalized spacial score (nSPS) is 21.5. The van der Waals surface area contributed by atoms with Crippen molar-refractivity contribution in [3.05, 3.63) is 29.6 Å². The SMILES string of the molecule is Cc1cc(F)ccc1NC(=O)NC1COCC1C(=O)O. The smallest absolute Gasteiger partial charge is 0.319 e. The molecule has 1 fully saturated rings. The summed E-state index contributed by atoms with van der Waals surface area (Å²) in [5.74, 6) is -2.15. The number of aryl methyl sites for hydroxylation is 1. The van der Waals surface area contributed by atoms with Crippen LogP contribution >= 0.6 is 0 Å². The molecule has 0 radical (unpaired) electrons. The van der Waals surface area contributed by atoms with Crippen molar-refractivity contribution in [2.24, 2.45) is 5.92 Å². The largest absolute Gasteiger partial charge is 0.481 e. The Labute approximate surface area is 114 Å². The number of aliphatic carboxylic acids is 1. The van der Waals surface area contributed by atoms with Gasteiger partial charge in [0, 0.05) is 5.69 Å². The average Bonchev–Trinajstić information content (AvgIpc) is 2.81. The number of amides is 2. The standard InChI is InChI=1S/C13H15FN2O4/c1-7-4-8(14)2-3-10(7)15-13(19)16-11-6-20-5-9(11)12(17)18/h2-4,9,11H,5-6H2,1H3,(H,17,18)(H2,15,16,19). The summed E-state index contributed by atoms with van der Waals surface area (Å²) in [4.78, 5) is 22.8. The van der Waals surface area contributed by atoms with Crippen molar-refractivity contribution >= 4 is 17.7 Å². The number of benzene rings is 1. The highest BCUT2D eigenvalue weighted by Gasteiger charge is 2.35. The van der Waals surface area contributed by atoms with Gasteiger partial charge in [-0.05, 0) is 30.7 Å². The Hall–Kier alpha value is -2.15. The molecule has 2 amide bonds. The summed E-state index contributed by atoms with van der Waals surface area (Å²) in [7, 11) is 0. The number of anilines is 1. The molecule has 1 aliphatic rings. The van der Waals surface area contributed by atoms with E-state index in [0.29, 0.717) is 11.3 Å². The van der Waals surface area contributed by atoms with Crippen LogP contribution in [0, 0.1) is 18.7 Å². The number of carboxylic acids is 1. The van der Waals surface area contributed by atoms with Crippen LogP contribution < -0.4 is 10.6 Å². The van der Waals surface area contributed by atoms with Gasteiger partial charge in [0.2, 0.25) is 0 Å². The summed E-state index contributed by atoms with van der Waals surface area (Å²) in [6.45, 7) is 1.90. The number of nitrogens with one attached hydrogen (secondary N) is 2. The highest BCUT2D eigenvalue weighted by molar-refractivity contribution is 5.90. The summed E-state index contributed by atoms with van der Waals surface area (Å²) in [6.07, 6.45) is 0. The third-order valence-electron chi connectivity index (χ3n) is 3.15. The fourth-order valence-electron chi connectivity index (χ4n) is 2.03. The quantitative estimate of drug-likeness (QED) is 0.781. The molecule has 7 heteroatoms. The van der Waals surface area contributed by atoms with Gasteiger partial charge in [0.05, 0.1) is 19.3 Å². The summed E-state index contributed by atoms with van der Waals surface area (Å²) >= 11 is 0. The topological polar surface area (TPSA) is 87.7 Å².